The van der Waals surface area contributed by atoms with Gasteiger partial charge in [-0.1, -0.05) is 31.9 Å². The van der Waals surface area contributed by atoms with E-state index >= 15 is 0 Å². The van der Waals surface area contributed by atoms with Gasteiger partial charge < -0.3 is 5.32 Å². The minimum Gasteiger partial charge on any atom is -0.352 e. The first-order valence-electron chi connectivity index (χ1n) is 5.26. The molecule has 2 rings (SSSR count). The SMILES string of the molecule is O=C(NCCc1cscn1)c1cc(Br)cc(Br)c1. The van der Waals surface area contributed by atoms with E-state index in [0.29, 0.717) is 12.1 Å². The van der Waals surface area contributed by atoms with Crippen LogP contribution in [0.3, 0.4) is 0 Å². The van der Waals surface area contributed by atoms with Crippen molar-refractivity contribution < 1.29 is 4.79 Å². The maximum atomic E-state index is 11.9. The van der Waals surface area contributed by atoms with E-state index in [2.05, 4.69) is 42.2 Å². The summed E-state index contributed by atoms with van der Waals surface area (Å²) in [6.07, 6.45) is 0.754. The molecule has 1 aromatic heterocycles. The van der Waals surface area contributed by atoms with Crippen LogP contribution >= 0.6 is 43.2 Å². The summed E-state index contributed by atoms with van der Waals surface area (Å²) in [7, 11) is 0. The zero-order valence-corrected chi connectivity index (χ0v) is 13.3. The van der Waals surface area contributed by atoms with Gasteiger partial charge in [-0.25, -0.2) is 4.98 Å². The number of carbonyl (C=O) groups excluding carboxylic acids is 1. The maximum Gasteiger partial charge on any atom is 0.251 e. The van der Waals surface area contributed by atoms with E-state index in [1.165, 1.54) is 0 Å². The van der Waals surface area contributed by atoms with Gasteiger partial charge in [0.05, 0.1) is 11.2 Å². The fourth-order valence-electron chi connectivity index (χ4n) is 1.45. The zero-order chi connectivity index (χ0) is 13.0. The molecule has 1 amide bonds. The Balaban J connectivity index is 1.91. The van der Waals surface area contributed by atoms with Crippen molar-refractivity contribution in [2.45, 2.75) is 6.42 Å². The lowest BCUT2D eigenvalue weighted by Crippen LogP contribution is -2.25. The fourth-order valence-corrected chi connectivity index (χ4v) is 3.34. The van der Waals surface area contributed by atoms with Gasteiger partial charge in [-0.2, -0.15) is 0 Å². The highest BCUT2D eigenvalue weighted by Crippen LogP contribution is 2.19. The molecule has 94 valence electrons. The summed E-state index contributed by atoms with van der Waals surface area (Å²) in [4.78, 5) is 16.1. The van der Waals surface area contributed by atoms with Gasteiger partial charge >= 0.3 is 0 Å². The standard InChI is InChI=1S/C12H10Br2N2OS/c13-9-3-8(4-10(14)5-9)12(17)15-2-1-11-6-18-7-16-11/h3-7H,1-2H2,(H,15,17). The Morgan fingerprint density at radius 1 is 1.28 bits per heavy atom. The van der Waals surface area contributed by atoms with Crippen LogP contribution in [0.4, 0.5) is 0 Å². The van der Waals surface area contributed by atoms with Crippen LogP contribution in [0, 0.1) is 0 Å². The molecule has 0 atom stereocenters. The second-order valence-electron chi connectivity index (χ2n) is 3.64. The summed E-state index contributed by atoms with van der Waals surface area (Å²) in [5, 5.41) is 4.86. The molecule has 1 N–H and O–H groups in total. The van der Waals surface area contributed by atoms with E-state index in [1.807, 2.05) is 11.4 Å². The summed E-state index contributed by atoms with van der Waals surface area (Å²) in [6, 6.07) is 5.48. The lowest BCUT2D eigenvalue weighted by molar-refractivity contribution is 0.0954. The summed E-state index contributed by atoms with van der Waals surface area (Å²) in [6.45, 7) is 0.590. The summed E-state index contributed by atoms with van der Waals surface area (Å²) in [5.74, 6) is -0.0766. The molecule has 2 aromatic rings. The van der Waals surface area contributed by atoms with Crippen LogP contribution in [-0.4, -0.2) is 17.4 Å². The molecule has 0 saturated carbocycles. The molecule has 0 unspecified atom stereocenters. The van der Waals surface area contributed by atoms with Crippen LogP contribution in [0.25, 0.3) is 0 Å². The highest BCUT2D eigenvalue weighted by atomic mass is 79.9. The molecule has 3 nitrogen and oxygen atoms in total. The maximum absolute atomic E-state index is 11.9. The third kappa shape index (κ3) is 3.90. The number of benzene rings is 1. The molecule has 0 aliphatic heterocycles. The highest BCUT2D eigenvalue weighted by molar-refractivity contribution is 9.11. The molecule has 0 aliphatic rings. The first-order chi connectivity index (χ1) is 8.65. The third-order valence-electron chi connectivity index (χ3n) is 2.27. The van der Waals surface area contributed by atoms with E-state index in [0.717, 1.165) is 21.1 Å². The topological polar surface area (TPSA) is 42.0 Å². The monoisotopic (exact) mass is 388 g/mol. The predicted octanol–water partition coefficient (Wildman–Crippen LogP) is 3.64. The average molecular weight is 390 g/mol. The van der Waals surface area contributed by atoms with Gasteiger partial charge in [0.1, 0.15) is 0 Å². The third-order valence-corrected chi connectivity index (χ3v) is 3.83. The molecule has 0 spiro atoms. The number of hydrogen-bond acceptors (Lipinski definition) is 3. The Kier molecular flexibility index (Phi) is 4.91. The van der Waals surface area contributed by atoms with Crippen molar-refractivity contribution in [2.24, 2.45) is 0 Å². The largest absolute Gasteiger partial charge is 0.352 e. The van der Waals surface area contributed by atoms with Crippen LogP contribution in [0.2, 0.25) is 0 Å². The van der Waals surface area contributed by atoms with Crippen molar-refractivity contribution in [2.75, 3.05) is 6.54 Å². The first-order valence-corrected chi connectivity index (χ1v) is 7.79. The minimum absolute atomic E-state index is 0.0766. The predicted molar refractivity (Wildman–Crippen MR) is 80.0 cm³/mol. The van der Waals surface area contributed by atoms with Gasteiger partial charge in [-0.3, -0.25) is 4.79 Å². The van der Waals surface area contributed by atoms with Crippen LogP contribution in [0.1, 0.15) is 16.1 Å². The summed E-state index contributed by atoms with van der Waals surface area (Å²) in [5.41, 5.74) is 3.44. The number of amides is 1. The lowest BCUT2D eigenvalue weighted by atomic mass is 10.2. The Hall–Kier alpha value is -0.720. The van der Waals surface area contributed by atoms with Gasteiger partial charge in [0.25, 0.3) is 5.91 Å². The molecule has 1 heterocycles. The van der Waals surface area contributed by atoms with Crippen LogP contribution in [0.15, 0.2) is 38.0 Å². The summed E-state index contributed by atoms with van der Waals surface area (Å²) < 4.78 is 1.75. The molecule has 6 heteroatoms. The van der Waals surface area contributed by atoms with Crippen LogP contribution < -0.4 is 5.32 Å². The number of aromatic nitrogens is 1. The number of nitrogens with one attached hydrogen (secondary N) is 1. The number of nitrogens with zero attached hydrogens (tertiary/aromatic N) is 1. The molecule has 0 aliphatic carbocycles. The van der Waals surface area contributed by atoms with Crippen molar-refractivity contribution in [3.05, 3.63) is 49.3 Å². The van der Waals surface area contributed by atoms with Crippen molar-refractivity contribution in [3.63, 3.8) is 0 Å². The van der Waals surface area contributed by atoms with Gasteiger partial charge in [0, 0.05) is 32.9 Å². The minimum atomic E-state index is -0.0766. The Labute approximate surface area is 126 Å². The van der Waals surface area contributed by atoms with Crippen LogP contribution in [0.5, 0.6) is 0 Å². The second-order valence-corrected chi connectivity index (χ2v) is 6.19. The number of hydrogen-bond donors (Lipinski definition) is 1. The smallest absolute Gasteiger partial charge is 0.251 e. The molecule has 0 fully saturated rings. The molecule has 18 heavy (non-hydrogen) atoms. The normalized spacial score (nSPS) is 10.3. The van der Waals surface area contributed by atoms with Crippen molar-refractivity contribution >= 4 is 49.1 Å². The van der Waals surface area contributed by atoms with Crippen molar-refractivity contribution in [1.29, 1.82) is 0 Å². The number of thiazole rings is 1. The average Bonchev–Trinajstić information content (AvgIpc) is 2.80. The summed E-state index contributed by atoms with van der Waals surface area (Å²) >= 11 is 8.29. The van der Waals surface area contributed by atoms with Gasteiger partial charge in [0.15, 0.2) is 0 Å². The fraction of sp³-hybridized carbons (Fsp3) is 0.167. The molecular weight excluding hydrogens is 380 g/mol. The second kappa shape index (κ2) is 6.45. The van der Waals surface area contributed by atoms with E-state index < -0.39 is 0 Å². The Morgan fingerprint density at radius 3 is 2.61 bits per heavy atom. The first kappa shape index (κ1) is 13.7. The lowest BCUT2D eigenvalue weighted by Gasteiger charge is -2.05. The Morgan fingerprint density at radius 2 is 2.00 bits per heavy atom. The highest BCUT2D eigenvalue weighted by Gasteiger charge is 2.07. The van der Waals surface area contributed by atoms with Gasteiger partial charge in [-0.15, -0.1) is 11.3 Å². The van der Waals surface area contributed by atoms with E-state index in [4.69, 9.17) is 0 Å². The van der Waals surface area contributed by atoms with Crippen molar-refractivity contribution in [1.82, 2.24) is 10.3 Å². The number of rotatable bonds is 4. The van der Waals surface area contributed by atoms with Gasteiger partial charge in [-0.05, 0) is 18.2 Å². The number of carbonyl (C=O) groups is 1. The van der Waals surface area contributed by atoms with E-state index in [9.17, 15) is 4.79 Å². The molecule has 1 aromatic carbocycles. The molecule has 0 bridgehead atoms. The Bertz CT molecular complexity index is 523. The number of halogens is 2. The van der Waals surface area contributed by atoms with E-state index in [1.54, 1.807) is 29.0 Å². The van der Waals surface area contributed by atoms with Crippen LogP contribution in [-0.2, 0) is 6.42 Å². The van der Waals surface area contributed by atoms with Gasteiger partial charge in [0.2, 0.25) is 0 Å². The zero-order valence-electron chi connectivity index (χ0n) is 9.32. The molecular formula is C12H10Br2N2OS. The molecule has 0 radical (unpaired) electrons. The molecule has 0 saturated heterocycles. The van der Waals surface area contributed by atoms with E-state index in [-0.39, 0.29) is 5.91 Å². The van der Waals surface area contributed by atoms with Crippen molar-refractivity contribution in [3.8, 4) is 0 Å². The quantitative estimate of drug-likeness (QED) is 0.867.